The molecule has 3 fully saturated rings. The minimum absolute atomic E-state index is 0.0152. The Morgan fingerprint density at radius 2 is 1.54 bits per heavy atom. The summed E-state index contributed by atoms with van der Waals surface area (Å²) in [5.41, 5.74) is 1.16. The average Bonchev–Trinajstić information content (AvgIpc) is 3.43. The molecule has 0 aromatic heterocycles. The second kappa shape index (κ2) is 5.79. The lowest BCUT2D eigenvalue weighted by Crippen LogP contribution is -2.40. The van der Waals surface area contributed by atoms with Gasteiger partial charge in [-0.3, -0.25) is 14.5 Å². The molecular formula is C23H25NO4. The molecule has 1 aliphatic heterocycles. The highest BCUT2D eigenvalue weighted by atomic mass is 16.5. The van der Waals surface area contributed by atoms with E-state index < -0.39 is 5.97 Å². The van der Waals surface area contributed by atoms with Crippen LogP contribution in [0.5, 0.6) is 5.75 Å². The summed E-state index contributed by atoms with van der Waals surface area (Å²) < 4.78 is 5.39. The zero-order chi connectivity index (χ0) is 19.8. The van der Waals surface area contributed by atoms with E-state index in [1.54, 1.807) is 12.1 Å². The minimum Gasteiger partial charge on any atom is -0.425 e. The highest BCUT2D eigenvalue weighted by Gasteiger charge is 2.67. The largest absolute Gasteiger partial charge is 0.425 e. The monoisotopic (exact) mass is 379 g/mol. The quantitative estimate of drug-likeness (QED) is 0.351. The molecule has 2 saturated carbocycles. The van der Waals surface area contributed by atoms with Crippen molar-refractivity contribution in [2.75, 3.05) is 6.54 Å². The number of hydrogen-bond donors (Lipinski definition) is 0. The van der Waals surface area contributed by atoms with Gasteiger partial charge in [-0.1, -0.05) is 45.1 Å². The van der Waals surface area contributed by atoms with E-state index >= 15 is 0 Å². The number of carbonyl (C=O) groups is 3. The zero-order valence-corrected chi connectivity index (χ0v) is 16.4. The summed E-state index contributed by atoms with van der Waals surface area (Å²) in [7, 11) is 0. The van der Waals surface area contributed by atoms with Crippen LogP contribution in [0.15, 0.2) is 36.4 Å². The smallest absolute Gasteiger partial charge is 0.331 e. The van der Waals surface area contributed by atoms with E-state index in [1.807, 2.05) is 12.1 Å². The van der Waals surface area contributed by atoms with E-state index in [2.05, 4.69) is 32.9 Å². The van der Waals surface area contributed by atoms with Gasteiger partial charge in [0, 0.05) is 0 Å². The third-order valence-corrected chi connectivity index (χ3v) is 6.99. The first-order valence-electron chi connectivity index (χ1n) is 10.1. The lowest BCUT2D eigenvalue weighted by Gasteiger charge is -2.37. The van der Waals surface area contributed by atoms with Gasteiger partial charge in [0.1, 0.15) is 12.3 Å². The molecule has 1 saturated heterocycles. The second-order valence-electron chi connectivity index (χ2n) is 9.67. The van der Waals surface area contributed by atoms with Crippen LogP contribution in [0.4, 0.5) is 0 Å². The Balaban J connectivity index is 1.27. The van der Waals surface area contributed by atoms with Crippen molar-refractivity contribution in [1.82, 2.24) is 4.90 Å². The maximum Gasteiger partial charge on any atom is 0.331 e. The average molecular weight is 379 g/mol. The Morgan fingerprint density at radius 1 is 1.00 bits per heavy atom. The summed E-state index contributed by atoms with van der Waals surface area (Å²) >= 11 is 0. The van der Waals surface area contributed by atoms with Crippen LogP contribution in [0.3, 0.4) is 0 Å². The van der Waals surface area contributed by atoms with Crippen LogP contribution in [0, 0.1) is 35.5 Å². The van der Waals surface area contributed by atoms with E-state index in [4.69, 9.17) is 4.74 Å². The summed E-state index contributed by atoms with van der Waals surface area (Å²) in [6.07, 6.45) is 5.38. The summed E-state index contributed by atoms with van der Waals surface area (Å²) in [5.74, 6) is 0.369. The molecule has 28 heavy (non-hydrogen) atoms. The third-order valence-electron chi connectivity index (χ3n) is 6.99. The molecule has 5 nitrogen and oxygen atoms in total. The maximum atomic E-state index is 12.9. The first-order chi connectivity index (χ1) is 13.3. The number of esters is 1. The third kappa shape index (κ3) is 2.55. The number of benzene rings is 1. The Labute approximate surface area is 164 Å². The number of allylic oxidation sites excluding steroid dienone is 2. The van der Waals surface area contributed by atoms with Crippen molar-refractivity contribution in [3.05, 3.63) is 42.0 Å². The van der Waals surface area contributed by atoms with Gasteiger partial charge >= 0.3 is 5.97 Å². The first-order valence-corrected chi connectivity index (χ1v) is 10.1. The van der Waals surface area contributed by atoms with Crippen LogP contribution in [0.25, 0.3) is 0 Å². The molecule has 146 valence electrons. The Kier molecular flexibility index (Phi) is 3.65. The van der Waals surface area contributed by atoms with Crippen LogP contribution in [0.1, 0.15) is 32.8 Å². The number of rotatable bonds is 3. The van der Waals surface area contributed by atoms with Crippen LogP contribution in [-0.4, -0.2) is 29.2 Å². The highest BCUT2D eigenvalue weighted by molar-refractivity contribution is 6.08. The molecule has 5 heteroatoms. The molecule has 2 bridgehead atoms. The maximum absolute atomic E-state index is 12.9. The molecule has 6 atom stereocenters. The van der Waals surface area contributed by atoms with Gasteiger partial charge in [-0.25, -0.2) is 4.79 Å². The molecule has 0 spiro atoms. The van der Waals surface area contributed by atoms with Crippen LogP contribution >= 0.6 is 0 Å². The van der Waals surface area contributed by atoms with E-state index in [9.17, 15) is 14.4 Å². The fourth-order valence-corrected chi connectivity index (χ4v) is 5.49. The number of amides is 2. The van der Waals surface area contributed by atoms with Crippen molar-refractivity contribution in [2.45, 2.75) is 32.6 Å². The minimum atomic E-state index is -0.575. The Morgan fingerprint density at radius 3 is 2.04 bits per heavy atom. The van der Waals surface area contributed by atoms with Crippen LogP contribution < -0.4 is 4.74 Å². The van der Waals surface area contributed by atoms with Crippen LogP contribution in [-0.2, 0) is 19.8 Å². The van der Waals surface area contributed by atoms with E-state index in [-0.39, 0.29) is 47.4 Å². The van der Waals surface area contributed by atoms with Crippen LogP contribution in [0.2, 0.25) is 0 Å². The zero-order valence-electron chi connectivity index (χ0n) is 16.4. The molecule has 0 unspecified atom stereocenters. The Bertz CT molecular complexity index is 858. The van der Waals surface area contributed by atoms with Gasteiger partial charge < -0.3 is 4.74 Å². The van der Waals surface area contributed by atoms with Gasteiger partial charge in [0.25, 0.3) is 0 Å². The first kappa shape index (κ1) is 17.7. The lowest BCUT2D eigenvalue weighted by atomic mass is 9.63. The summed E-state index contributed by atoms with van der Waals surface area (Å²) in [6, 6.07) is 7.37. The number of ether oxygens (including phenoxy) is 1. The predicted molar refractivity (Wildman–Crippen MR) is 102 cm³/mol. The van der Waals surface area contributed by atoms with Gasteiger partial charge in [-0.2, -0.15) is 0 Å². The molecule has 0 radical (unpaired) electrons. The summed E-state index contributed by atoms with van der Waals surface area (Å²) in [6.45, 7) is 6.04. The number of imide groups is 1. The van der Waals surface area contributed by atoms with E-state index in [1.165, 1.54) is 0 Å². The predicted octanol–water partition coefficient (Wildman–Crippen LogP) is 2.94. The summed E-state index contributed by atoms with van der Waals surface area (Å²) in [4.78, 5) is 39.4. The normalized spacial score (nSPS) is 35.0. The standard InChI is InChI=1S/C23H25NO4/c1-23(2,3)12-4-6-13(7-5-12)28-18(25)11-24-21(26)19-14-8-9-15(17-10-16(14)17)20(19)22(24)27/h4-9,14-17,19-20H,10-11H2,1-3H3/t14-,15-,16-,17+,19+,20-/m1/s1. The van der Waals surface area contributed by atoms with Crippen molar-refractivity contribution < 1.29 is 19.1 Å². The fourth-order valence-electron chi connectivity index (χ4n) is 5.49. The molecule has 1 aromatic carbocycles. The molecule has 2 amide bonds. The van der Waals surface area contributed by atoms with Crippen molar-refractivity contribution in [2.24, 2.45) is 35.5 Å². The fraction of sp³-hybridized carbons (Fsp3) is 0.522. The highest BCUT2D eigenvalue weighted by Crippen LogP contribution is 2.65. The molecule has 1 aromatic rings. The lowest BCUT2D eigenvalue weighted by molar-refractivity contribution is -0.148. The topological polar surface area (TPSA) is 63.7 Å². The number of hydrogen-bond acceptors (Lipinski definition) is 4. The number of carbonyl (C=O) groups excluding carboxylic acids is 3. The molecule has 1 heterocycles. The van der Waals surface area contributed by atoms with Gasteiger partial charge in [-0.05, 0) is 53.2 Å². The SMILES string of the molecule is CC(C)(C)c1ccc(OC(=O)CN2C(=O)[C@@H]3[C@@H]4C=C[C@H]([C@H]5C[C@@H]45)[C@@H]3C2=O)cc1. The van der Waals surface area contributed by atoms with Crippen molar-refractivity contribution in [3.8, 4) is 5.75 Å². The van der Waals surface area contributed by atoms with Gasteiger partial charge in [0.2, 0.25) is 11.8 Å². The molecule has 4 aliphatic carbocycles. The van der Waals surface area contributed by atoms with Gasteiger partial charge in [-0.15, -0.1) is 0 Å². The van der Waals surface area contributed by atoms with Gasteiger partial charge in [0.15, 0.2) is 0 Å². The molecule has 5 aliphatic rings. The second-order valence-corrected chi connectivity index (χ2v) is 9.67. The molecule has 6 rings (SSSR count). The number of nitrogens with zero attached hydrogens (tertiary/aromatic N) is 1. The summed E-state index contributed by atoms with van der Waals surface area (Å²) in [5, 5.41) is 0. The van der Waals surface area contributed by atoms with Crippen molar-refractivity contribution in [3.63, 3.8) is 0 Å². The van der Waals surface area contributed by atoms with Crippen molar-refractivity contribution in [1.29, 1.82) is 0 Å². The Hall–Kier alpha value is -2.43. The molecule has 0 N–H and O–H groups in total. The molecular weight excluding hydrogens is 354 g/mol. The van der Waals surface area contributed by atoms with E-state index in [0.717, 1.165) is 16.9 Å². The number of likely N-dealkylation sites (tertiary alicyclic amines) is 1. The van der Waals surface area contributed by atoms with Gasteiger partial charge in [0.05, 0.1) is 11.8 Å². The van der Waals surface area contributed by atoms with E-state index in [0.29, 0.717) is 17.6 Å². The van der Waals surface area contributed by atoms with Crippen molar-refractivity contribution >= 4 is 17.8 Å².